The van der Waals surface area contributed by atoms with Crippen LogP contribution in [0.15, 0.2) is 30.5 Å². The van der Waals surface area contributed by atoms with Gasteiger partial charge in [-0.05, 0) is 24.5 Å². The summed E-state index contributed by atoms with van der Waals surface area (Å²) in [7, 11) is 0. The molecule has 7 nitrogen and oxygen atoms in total. The summed E-state index contributed by atoms with van der Waals surface area (Å²) in [6, 6.07) is 7.21. The van der Waals surface area contributed by atoms with Gasteiger partial charge in [-0.25, -0.2) is 0 Å². The number of likely N-dealkylation sites (tertiary alicyclic amines) is 1. The van der Waals surface area contributed by atoms with E-state index in [1.54, 1.807) is 0 Å². The molecule has 150 valence electrons. The van der Waals surface area contributed by atoms with Crippen LogP contribution in [0, 0.1) is 0 Å². The van der Waals surface area contributed by atoms with Gasteiger partial charge in [0.2, 0.25) is 17.7 Å². The van der Waals surface area contributed by atoms with Crippen molar-refractivity contribution < 1.29 is 14.4 Å². The minimum atomic E-state index is -0.656. The molecule has 0 bridgehead atoms. The number of nitrogens with zero attached hydrogens (tertiary/aromatic N) is 1. The van der Waals surface area contributed by atoms with Crippen LogP contribution in [0.3, 0.4) is 0 Å². The lowest BCUT2D eigenvalue weighted by atomic mass is 10.0. The molecule has 3 rings (SSSR count). The second-order valence-electron chi connectivity index (χ2n) is 7.30. The van der Waals surface area contributed by atoms with E-state index in [1.165, 1.54) is 6.92 Å². The third-order valence-electron chi connectivity index (χ3n) is 5.15. The molecule has 1 aliphatic rings. The van der Waals surface area contributed by atoms with E-state index in [0.29, 0.717) is 25.9 Å². The van der Waals surface area contributed by atoms with Gasteiger partial charge in [-0.2, -0.15) is 0 Å². The Morgan fingerprint density at radius 1 is 1.21 bits per heavy atom. The monoisotopic (exact) mass is 384 g/mol. The number of carbonyl (C=O) groups is 3. The smallest absolute Gasteiger partial charge is 0.242 e. The Morgan fingerprint density at radius 2 is 2.04 bits per heavy atom. The predicted octanol–water partition coefficient (Wildman–Crippen LogP) is 1.73. The normalized spacial score (nSPS) is 15.9. The predicted molar refractivity (Wildman–Crippen MR) is 108 cm³/mol. The largest absolute Gasteiger partial charge is 0.361 e. The number of amides is 3. The first-order valence-corrected chi connectivity index (χ1v) is 9.92. The van der Waals surface area contributed by atoms with Crippen LogP contribution >= 0.6 is 0 Å². The molecule has 7 heteroatoms. The summed E-state index contributed by atoms with van der Waals surface area (Å²) >= 11 is 0. The third kappa shape index (κ3) is 5.12. The molecule has 0 aliphatic carbocycles. The van der Waals surface area contributed by atoms with Crippen LogP contribution in [0.5, 0.6) is 0 Å². The Labute approximate surface area is 164 Å². The molecule has 1 atom stereocenters. The first-order valence-electron chi connectivity index (χ1n) is 9.92. The SMILES string of the molecule is CC(=O)NC(Cc1c[nH]c2ccccc12)C(=O)NCCN1CCCCCC1=O. The quantitative estimate of drug-likeness (QED) is 0.679. The van der Waals surface area contributed by atoms with Gasteiger partial charge in [0, 0.05) is 56.5 Å². The molecular formula is C21H28N4O3. The zero-order chi connectivity index (χ0) is 19.9. The third-order valence-corrected chi connectivity index (χ3v) is 5.15. The minimum Gasteiger partial charge on any atom is -0.361 e. The van der Waals surface area contributed by atoms with Gasteiger partial charge in [-0.3, -0.25) is 14.4 Å². The molecule has 0 radical (unpaired) electrons. The molecule has 3 amide bonds. The fourth-order valence-corrected chi connectivity index (χ4v) is 3.69. The minimum absolute atomic E-state index is 0.156. The molecule has 1 unspecified atom stereocenters. The van der Waals surface area contributed by atoms with Crippen molar-refractivity contribution in [3.8, 4) is 0 Å². The zero-order valence-electron chi connectivity index (χ0n) is 16.3. The van der Waals surface area contributed by atoms with Crippen LogP contribution in [0.1, 0.15) is 38.2 Å². The fraction of sp³-hybridized carbons (Fsp3) is 0.476. The highest BCUT2D eigenvalue weighted by molar-refractivity contribution is 5.89. The van der Waals surface area contributed by atoms with E-state index < -0.39 is 6.04 Å². The highest BCUT2D eigenvalue weighted by Gasteiger charge is 2.22. The highest BCUT2D eigenvalue weighted by Crippen LogP contribution is 2.19. The lowest BCUT2D eigenvalue weighted by molar-refractivity contribution is -0.131. The Balaban J connectivity index is 1.60. The lowest BCUT2D eigenvalue weighted by Gasteiger charge is -2.22. The maximum Gasteiger partial charge on any atom is 0.242 e. The topological polar surface area (TPSA) is 94.3 Å². The summed E-state index contributed by atoms with van der Waals surface area (Å²) in [6.07, 6.45) is 5.89. The van der Waals surface area contributed by atoms with E-state index in [9.17, 15) is 14.4 Å². The molecule has 1 aromatic carbocycles. The van der Waals surface area contributed by atoms with Crippen molar-refractivity contribution in [3.63, 3.8) is 0 Å². The Hall–Kier alpha value is -2.83. The number of hydrogen-bond donors (Lipinski definition) is 3. The van der Waals surface area contributed by atoms with Crippen LogP contribution in [-0.4, -0.2) is 53.3 Å². The van der Waals surface area contributed by atoms with Gasteiger partial charge in [-0.1, -0.05) is 24.6 Å². The molecule has 3 N–H and O–H groups in total. The average molecular weight is 384 g/mol. The number of para-hydroxylation sites is 1. The first kappa shape index (κ1) is 19.9. The van der Waals surface area contributed by atoms with E-state index in [4.69, 9.17) is 0 Å². The van der Waals surface area contributed by atoms with Crippen molar-refractivity contribution in [3.05, 3.63) is 36.0 Å². The number of nitrogens with one attached hydrogen (secondary N) is 3. The van der Waals surface area contributed by atoms with Crippen LogP contribution in [0.2, 0.25) is 0 Å². The van der Waals surface area contributed by atoms with Crippen molar-refractivity contribution in [2.45, 2.75) is 45.1 Å². The maximum absolute atomic E-state index is 12.7. The molecule has 28 heavy (non-hydrogen) atoms. The number of benzene rings is 1. The lowest BCUT2D eigenvalue weighted by Crippen LogP contribution is -2.49. The van der Waals surface area contributed by atoms with Crippen LogP contribution in [0.25, 0.3) is 10.9 Å². The summed E-state index contributed by atoms with van der Waals surface area (Å²) in [4.78, 5) is 41.4. The second-order valence-corrected chi connectivity index (χ2v) is 7.30. The van der Waals surface area contributed by atoms with Gasteiger partial charge in [0.05, 0.1) is 0 Å². The van der Waals surface area contributed by atoms with Gasteiger partial charge < -0.3 is 20.5 Å². The Morgan fingerprint density at radius 3 is 2.86 bits per heavy atom. The van der Waals surface area contributed by atoms with Crippen LogP contribution in [-0.2, 0) is 20.8 Å². The summed E-state index contributed by atoms with van der Waals surface area (Å²) in [5, 5.41) is 6.67. The number of rotatable bonds is 7. The molecule has 1 aromatic heterocycles. The first-order chi connectivity index (χ1) is 13.5. The number of aromatic amines is 1. The van der Waals surface area contributed by atoms with Crippen LogP contribution < -0.4 is 10.6 Å². The number of fused-ring (bicyclic) bond motifs is 1. The molecule has 1 saturated heterocycles. The van der Waals surface area contributed by atoms with Gasteiger partial charge in [0.25, 0.3) is 0 Å². The standard InChI is InChI=1S/C21H28N4O3/c1-15(26)24-19(13-16-14-23-18-8-5-4-7-17(16)18)21(28)22-10-12-25-11-6-2-3-9-20(25)27/h4-5,7-8,14,19,23H,2-3,6,9-13H2,1H3,(H,22,28)(H,24,26). The van der Waals surface area contributed by atoms with Gasteiger partial charge in [0.1, 0.15) is 6.04 Å². The van der Waals surface area contributed by atoms with E-state index in [2.05, 4.69) is 15.6 Å². The summed E-state index contributed by atoms with van der Waals surface area (Å²) in [5.41, 5.74) is 1.98. The number of carbonyl (C=O) groups excluding carboxylic acids is 3. The molecule has 0 spiro atoms. The van der Waals surface area contributed by atoms with E-state index >= 15 is 0 Å². The van der Waals surface area contributed by atoms with Crippen molar-refractivity contribution in [1.82, 2.24) is 20.5 Å². The molecular weight excluding hydrogens is 356 g/mol. The van der Waals surface area contributed by atoms with E-state index in [-0.39, 0.29) is 17.7 Å². The zero-order valence-corrected chi connectivity index (χ0v) is 16.3. The number of H-pyrrole nitrogens is 1. The Kier molecular flexibility index (Phi) is 6.68. The second kappa shape index (κ2) is 9.39. The molecule has 1 fully saturated rings. The Bertz CT molecular complexity index is 845. The van der Waals surface area contributed by atoms with Crippen LogP contribution in [0.4, 0.5) is 0 Å². The number of hydrogen-bond acceptors (Lipinski definition) is 3. The molecule has 2 aromatic rings. The highest BCUT2D eigenvalue weighted by atomic mass is 16.2. The summed E-state index contributed by atoms with van der Waals surface area (Å²) in [5.74, 6) is -0.325. The van der Waals surface area contributed by atoms with E-state index in [1.807, 2.05) is 35.4 Å². The van der Waals surface area contributed by atoms with Gasteiger partial charge in [0.15, 0.2) is 0 Å². The number of aromatic nitrogens is 1. The average Bonchev–Trinajstić information content (AvgIpc) is 2.96. The fourth-order valence-electron chi connectivity index (χ4n) is 3.69. The maximum atomic E-state index is 12.7. The summed E-state index contributed by atoms with van der Waals surface area (Å²) < 4.78 is 0. The van der Waals surface area contributed by atoms with E-state index in [0.717, 1.165) is 42.3 Å². The molecule has 1 aliphatic heterocycles. The summed E-state index contributed by atoms with van der Waals surface area (Å²) in [6.45, 7) is 3.05. The van der Waals surface area contributed by atoms with Gasteiger partial charge in [-0.15, -0.1) is 0 Å². The molecule has 0 saturated carbocycles. The van der Waals surface area contributed by atoms with Crippen molar-refractivity contribution in [2.24, 2.45) is 0 Å². The van der Waals surface area contributed by atoms with Crippen molar-refractivity contribution in [1.29, 1.82) is 0 Å². The van der Waals surface area contributed by atoms with Gasteiger partial charge >= 0.3 is 0 Å². The molecule has 2 heterocycles. The van der Waals surface area contributed by atoms with Crippen molar-refractivity contribution >= 4 is 28.6 Å². The van der Waals surface area contributed by atoms with Crippen molar-refractivity contribution in [2.75, 3.05) is 19.6 Å².